The summed E-state index contributed by atoms with van der Waals surface area (Å²) >= 11 is 0. The smallest absolute Gasteiger partial charge is 0.123 e. The lowest BCUT2D eigenvalue weighted by Crippen LogP contribution is -2.18. The summed E-state index contributed by atoms with van der Waals surface area (Å²) in [6.07, 6.45) is 0. The topological polar surface area (TPSA) is 35.2 Å². The summed E-state index contributed by atoms with van der Waals surface area (Å²) in [7, 11) is 0. The molecule has 0 aliphatic carbocycles. The first-order chi connectivity index (χ1) is 8.25. The van der Waals surface area contributed by atoms with Crippen LogP contribution in [-0.2, 0) is 0 Å². The van der Waals surface area contributed by atoms with Gasteiger partial charge in [0.25, 0.3) is 0 Å². The van der Waals surface area contributed by atoms with E-state index in [1.807, 2.05) is 30.3 Å². The van der Waals surface area contributed by atoms with Gasteiger partial charge in [-0.3, -0.25) is 0 Å². The molecule has 0 saturated carbocycles. The molecule has 0 amide bonds. The van der Waals surface area contributed by atoms with E-state index in [2.05, 4.69) is 0 Å². The first-order valence-electron chi connectivity index (χ1n) is 5.44. The molecule has 1 atom stereocenters. The summed E-state index contributed by atoms with van der Waals surface area (Å²) in [6.45, 7) is 0.371. The van der Waals surface area contributed by atoms with Gasteiger partial charge in [-0.1, -0.05) is 30.3 Å². The number of benzene rings is 2. The summed E-state index contributed by atoms with van der Waals surface area (Å²) in [5.41, 5.74) is 7.00. The van der Waals surface area contributed by atoms with E-state index >= 15 is 0 Å². The maximum Gasteiger partial charge on any atom is 0.123 e. The summed E-state index contributed by atoms with van der Waals surface area (Å²) in [6, 6.07) is 15.5. The predicted octanol–water partition coefficient (Wildman–Crippen LogP) is 2.90. The third-order valence-corrected chi connectivity index (χ3v) is 2.47. The molecule has 0 aliphatic rings. The second-order valence-corrected chi connectivity index (χ2v) is 3.78. The molecular weight excluding hydrogens is 217 g/mol. The highest BCUT2D eigenvalue weighted by atomic mass is 19.1. The van der Waals surface area contributed by atoms with E-state index in [1.54, 1.807) is 12.1 Å². The number of halogens is 1. The second kappa shape index (κ2) is 5.46. The third kappa shape index (κ3) is 3.29. The van der Waals surface area contributed by atoms with Crippen LogP contribution in [0.1, 0.15) is 11.6 Å². The number of nitrogens with two attached hydrogens (primary N) is 1. The maximum absolute atomic E-state index is 12.7. The van der Waals surface area contributed by atoms with Crippen molar-refractivity contribution in [3.05, 3.63) is 66.0 Å². The number of rotatable bonds is 4. The largest absolute Gasteiger partial charge is 0.492 e. The van der Waals surface area contributed by atoms with E-state index in [9.17, 15) is 4.39 Å². The zero-order valence-electron chi connectivity index (χ0n) is 9.34. The van der Waals surface area contributed by atoms with Crippen molar-refractivity contribution in [3.63, 3.8) is 0 Å². The minimum Gasteiger partial charge on any atom is -0.492 e. The highest BCUT2D eigenvalue weighted by Gasteiger charge is 2.05. The van der Waals surface area contributed by atoms with Crippen molar-refractivity contribution >= 4 is 0 Å². The molecule has 0 aliphatic heterocycles. The molecule has 2 aromatic rings. The summed E-state index contributed by atoms with van der Waals surface area (Å²) in [5, 5.41) is 0. The Morgan fingerprint density at radius 3 is 2.29 bits per heavy atom. The van der Waals surface area contributed by atoms with E-state index in [1.165, 1.54) is 12.1 Å². The fraction of sp³-hybridized carbons (Fsp3) is 0.143. The van der Waals surface area contributed by atoms with E-state index < -0.39 is 0 Å². The Morgan fingerprint density at radius 2 is 1.65 bits per heavy atom. The maximum atomic E-state index is 12.7. The molecule has 1 unspecified atom stereocenters. The van der Waals surface area contributed by atoms with Crippen LogP contribution < -0.4 is 10.5 Å². The molecule has 2 nitrogen and oxygen atoms in total. The Morgan fingerprint density at radius 1 is 1.00 bits per heavy atom. The zero-order chi connectivity index (χ0) is 12.1. The van der Waals surface area contributed by atoms with Crippen LogP contribution in [-0.4, -0.2) is 6.61 Å². The highest BCUT2D eigenvalue weighted by molar-refractivity contribution is 5.23. The van der Waals surface area contributed by atoms with Crippen molar-refractivity contribution in [2.24, 2.45) is 5.73 Å². The van der Waals surface area contributed by atoms with Crippen molar-refractivity contribution < 1.29 is 9.13 Å². The molecule has 0 spiro atoms. The number of hydrogen-bond donors (Lipinski definition) is 1. The van der Waals surface area contributed by atoms with Gasteiger partial charge in [0.15, 0.2) is 0 Å². The Bertz CT molecular complexity index is 455. The molecule has 2 aromatic carbocycles. The van der Waals surface area contributed by atoms with Crippen LogP contribution in [0.5, 0.6) is 5.75 Å². The SMILES string of the molecule is NC(COc1ccc(F)cc1)c1ccccc1. The molecular formula is C14H14FNO. The third-order valence-electron chi connectivity index (χ3n) is 2.47. The van der Waals surface area contributed by atoms with Crippen LogP contribution in [0, 0.1) is 5.82 Å². The van der Waals surface area contributed by atoms with E-state index in [-0.39, 0.29) is 11.9 Å². The lowest BCUT2D eigenvalue weighted by Gasteiger charge is -2.13. The molecule has 2 rings (SSSR count). The zero-order valence-corrected chi connectivity index (χ0v) is 9.34. The molecule has 17 heavy (non-hydrogen) atoms. The van der Waals surface area contributed by atoms with Gasteiger partial charge in [0.1, 0.15) is 18.2 Å². The number of ether oxygens (including phenoxy) is 1. The molecule has 3 heteroatoms. The average Bonchev–Trinajstić information content (AvgIpc) is 2.39. The summed E-state index contributed by atoms with van der Waals surface area (Å²) in [4.78, 5) is 0. The fourth-order valence-electron chi connectivity index (χ4n) is 1.51. The minimum absolute atomic E-state index is 0.179. The quantitative estimate of drug-likeness (QED) is 0.878. The van der Waals surface area contributed by atoms with Crippen LogP contribution in [0.2, 0.25) is 0 Å². The molecule has 0 radical (unpaired) electrons. The van der Waals surface area contributed by atoms with Gasteiger partial charge in [0, 0.05) is 0 Å². The molecule has 0 heterocycles. The van der Waals surface area contributed by atoms with E-state index in [4.69, 9.17) is 10.5 Å². The van der Waals surface area contributed by atoms with Gasteiger partial charge in [-0.05, 0) is 29.8 Å². The van der Waals surface area contributed by atoms with Crippen LogP contribution >= 0.6 is 0 Å². The van der Waals surface area contributed by atoms with Crippen molar-refractivity contribution in [3.8, 4) is 5.75 Å². The predicted molar refractivity (Wildman–Crippen MR) is 65.3 cm³/mol. The van der Waals surface area contributed by atoms with Gasteiger partial charge in [-0.25, -0.2) is 4.39 Å². The van der Waals surface area contributed by atoms with Crippen LogP contribution in [0.15, 0.2) is 54.6 Å². The Balaban J connectivity index is 1.92. The van der Waals surface area contributed by atoms with Gasteiger partial charge >= 0.3 is 0 Å². The van der Waals surface area contributed by atoms with E-state index in [0.717, 1.165) is 5.56 Å². The Hall–Kier alpha value is -1.87. The Kier molecular flexibility index (Phi) is 3.73. The van der Waals surface area contributed by atoms with Gasteiger partial charge in [0.2, 0.25) is 0 Å². The van der Waals surface area contributed by atoms with Gasteiger partial charge in [-0.2, -0.15) is 0 Å². The highest BCUT2D eigenvalue weighted by Crippen LogP contribution is 2.15. The fourth-order valence-corrected chi connectivity index (χ4v) is 1.51. The lowest BCUT2D eigenvalue weighted by atomic mass is 10.1. The van der Waals surface area contributed by atoms with Gasteiger partial charge < -0.3 is 10.5 Å². The summed E-state index contributed by atoms with van der Waals surface area (Å²) in [5.74, 6) is 0.350. The van der Waals surface area contributed by atoms with Crippen LogP contribution in [0.3, 0.4) is 0 Å². The van der Waals surface area contributed by atoms with E-state index in [0.29, 0.717) is 12.4 Å². The first-order valence-corrected chi connectivity index (χ1v) is 5.44. The van der Waals surface area contributed by atoms with Crippen molar-refractivity contribution in [2.45, 2.75) is 6.04 Å². The average molecular weight is 231 g/mol. The normalized spacial score (nSPS) is 12.1. The minimum atomic E-state index is -0.273. The number of hydrogen-bond acceptors (Lipinski definition) is 2. The summed E-state index contributed by atoms with van der Waals surface area (Å²) < 4.78 is 18.2. The van der Waals surface area contributed by atoms with Gasteiger partial charge in [-0.15, -0.1) is 0 Å². The molecule has 2 N–H and O–H groups in total. The standard InChI is InChI=1S/C14H14FNO/c15-12-6-8-13(9-7-12)17-10-14(16)11-4-2-1-3-5-11/h1-9,14H,10,16H2. The molecule has 0 aromatic heterocycles. The van der Waals surface area contributed by atoms with Gasteiger partial charge in [0.05, 0.1) is 6.04 Å². The van der Waals surface area contributed by atoms with Crippen LogP contribution in [0.25, 0.3) is 0 Å². The van der Waals surface area contributed by atoms with Crippen LogP contribution in [0.4, 0.5) is 4.39 Å². The van der Waals surface area contributed by atoms with Crippen molar-refractivity contribution in [1.82, 2.24) is 0 Å². The van der Waals surface area contributed by atoms with Crippen molar-refractivity contribution in [2.75, 3.05) is 6.61 Å². The monoisotopic (exact) mass is 231 g/mol. The first kappa shape index (κ1) is 11.6. The molecule has 0 fully saturated rings. The molecule has 0 bridgehead atoms. The molecule has 88 valence electrons. The lowest BCUT2D eigenvalue weighted by molar-refractivity contribution is 0.290. The Labute approximate surface area is 99.8 Å². The second-order valence-electron chi connectivity index (χ2n) is 3.78. The van der Waals surface area contributed by atoms with Crippen molar-refractivity contribution in [1.29, 1.82) is 0 Å². The molecule has 0 saturated heterocycles.